The Bertz CT molecular complexity index is 910. The number of thiazole rings is 1. The third-order valence-corrected chi connectivity index (χ3v) is 5.14. The van der Waals surface area contributed by atoms with Crippen molar-refractivity contribution in [2.45, 2.75) is 20.3 Å². The van der Waals surface area contributed by atoms with E-state index in [9.17, 15) is 4.79 Å². The number of rotatable bonds is 3. The molecule has 0 saturated carbocycles. The second-order valence-corrected chi connectivity index (χ2v) is 7.19. The van der Waals surface area contributed by atoms with E-state index in [0.29, 0.717) is 25.3 Å². The molecule has 1 amide bonds. The van der Waals surface area contributed by atoms with Crippen LogP contribution in [0, 0.1) is 13.8 Å². The zero-order valence-corrected chi connectivity index (χ0v) is 15.0. The van der Waals surface area contributed by atoms with Gasteiger partial charge in [0.15, 0.2) is 0 Å². The molecule has 4 heterocycles. The van der Waals surface area contributed by atoms with Crippen molar-refractivity contribution >= 4 is 28.8 Å². The molecule has 0 bridgehead atoms. The summed E-state index contributed by atoms with van der Waals surface area (Å²) < 4.78 is 1.75. The Labute approximate surface area is 149 Å². The topological polar surface area (TPSA) is 79.5 Å². The van der Waals surface area contributed by atoms with Gasteiger partial charge >= 0.3 is 0 Å². The third kappa shape index (κ3) is 3.19. The summed E-state index contributed by atoms with van der Waals surface area (Å²) in [7, 11) is 0. The second kappa shape index (κ2) is 6.40. The van der Waals surface area contributed by atoms with Crippen molar-refractivity contribution in [3.8, 4) is 0 Å². The van der Waals surface area contributed by atoms with Crippen LogP contribution in [0.1, 0.15) is 16.4 Å². The third-order valence-electron chi connectivity index (χ3n) is 4.32. The number of carbonyl (C=O) groups is 1. The summed E-state index contributed by atoms with van der Waals surface area (Å²) in [5.74, 6) is 1.72. The smallest absolute Gasteiger partial charge is 0.254 e. The van der Waals surface area contributed by atoms with Gasteiger partial charge in [-0.1, -0.05) is 0 Å². The molecule has 25 heavy (non-hydrogen) atoms. The van der Waals surface area contributed by atoms with E-state index < -0.39 is 0 Å². The zero-order chi connectivity index (χ0) is 17.4. The fraction of sp³-hybridized carbons (Fsp3) is 0.438. The molecule has 8 nitrogen and oxygen atoms in total. The number of piperazine rings is 1. The van der Waals surface area contributed by atoms with Crippen LogP contribution in [0.3, 0.4) is 0 Å². The molecule has 1 aliphatic rings. The van der Waals surface area contributed by atoms with Crippen LogP contribution in [-0.4, -0.2) is 61.6 Å². The van der Waals surface area contributed by atoms with Gasteiger partial charge in [0.1, 0.15) is 12.1 Å². The zero-order valence-electron chi connectivity index (χ0n) is 14.2. The molecule has 3 aromatic heterocycles. The van der Waals surface area contributed by atoms with Gasteiger partial charge in [-0.25, -0.2) is 9.97 Å². The minimum Gasteiger partial charge on any atom is -0.353 e. The lowest BCUT2D eigenvalue weighted by molar-refractivity contribution is -0.130. The summed E-state index contributed by atoms with van der Waals surface area (Å²) in [5.41, 5.74) is 1.77. The maximum absolute atomic E-state index is 12.5. The highest BCUT2D eigenvalue weighted by atomic mass is 32.1. The van der Waals surface area contributed by atoms with E-state index >= 15 is 0 Å². The Kier molecular flexibility index (Phi) is 4.08. The van der Waals surface area contributed by atoms with Crippen LogP contribution in [0.2, 0.25) is 0 Å². The molecule has 0 unspecified atom stereocenters. The molecule has 0 aromatic carbocycles. The van der Waals surface area contributed by atoms with Crippen molar-refractivity contribution in [3.05, 3.63) is 34.2 Å². The first-order valence-corrected chi connectivity index (χ1v) is 9.09. The number of anilines is 1. The Hall–Kier alpha value is -2.55. The van der Waals surface area contributed by atoms with E-state index in [1.807, 2.05) is 30.2 Å². The fourth-order valence-corrected chi connectivity index (χ4v) is 3.69. The molecular formula is C16H19N7OS. The Balaban J connectivity index is 1.44. The molecule has 4 rings (SSSR count). The van der Waals surface area contributed by atoms with Crippen LogP contribution in [0.25, 0.3) is 5.78 Å². The van der Waals surface area contributed by atoms with E-state index in [1.54, 1.807) is 15.9 Å². The molecule has 130 valence electrons. The van der Waals surface area contributed by atoms with Gasteiger partial charge in [0.05, 0.1) is 17.1 Å². The average Bonchev–Trinajstić information content (AvgIpc) is 3.23. The summed E-state index contributed by atoms with van der Waals surface area (Å²) in [6.45, 7) is 6.83. The van der Waals surface area contributed by atoms with Crippen molar-refractivity contribution in [2.75, 3.05) is 31.1 Å². The van der Waals surface area contributed by atoms with E-state index in [2.05, 4.69) is 25.0 Å². The number of aryl methyl sites for hydroxylation is 2. The quantitative estimate of drug-likeness (QED) is 0.698. The highest BCUT2D eigenvalue weighted by molar-refractivity contribution is 7.09. The first-order chi connectivity index (χ1) is 12.1. The van der Waals surface area contributed by atoms with Crippen LogP contribution in [0.4, 0.5) is 5.82 Å². The van der Waals surface area contributed by atoms with Crippen molar-refractivity contribution in [3.63, 3.8) is 0 Å². The second-order valence-electron chi connectivity index (χ2n) is 6.13. The summed E-state index contributed by atoms with van der Waals surface area (Å²) in [4.78, 5) is 29.6. The number of hydrogen-bond donors (Lipinski definition) is 0. The maximum atomic E-state index is 12.5. The molecule has 0 aliphatic carbocycles. The van der Waals surface area contributed by atoms with Gasteiger partial charge in [0.25, 0.3) is 5.78 Å². The fourth-order valence-electron chi connectivity index (χ4n) is 3.08. The number of amides is 1. The van der Waals surface area contributed by atoms with Gasteiger partial charge in [0.2, 0.25) is 5.91 Å². The van der Waals surface area contributed by atoms with Crippen LogP contribution >= 0.6 is 11.3 Å². The van der Waals surface area contributed by atoms with Crippen LogP contribution in [-0.2, 0) is 11.2 Å². The van der Waals surface area contributed by atoms with Crippen molar-refractivity contribution in [1.82, 2.24) is 29.5 Å². The van der Waals surface area contributed by atoms with Gasteiger partial charge < -0.3 is 9.80 Å². The van der Waals surface area contributed by atoms with E-state index in [0.717, 1.165) is 35.3 Å². The number of carbonyl (C=O) groups excluding carboxylic acids is 1. The largest absolute Gasteiger partial charge is 0.353 e. The molecule has 1 aliphatic heterocycles. The monoisotopic (exact) mass is 357 g/mol. The Morgan fingerprint density at radius 1 is 1.20 bits per heavy atom. The van der Waals surface area contributed by atoms with Crippen molar-refractivity contribution in [1.29, 1.82) is 0 Å². The lowest BCUT2D eigenvalue weighted by Gasteiger charge is -2.36. The predicted octanol–water partition coefficient (Wildman–Crippen LogP) is 1.09. The highest BCUT2D eigenvalue weighted by Crippen LogP contribution is 2.18. The predicted molar refractivity (Wildman–Crippen MR) is 94.9 cm³/mol. The molecule has 0 radical (unpaired) electrons. The van der Waals surface area contributed by atoms with Crippen molar-refractivity contribution < 1.29 is 4.79 Å². The van der Waals surface area contributed by atoms with Crippen LogP contribution < -0.4 is 4.90 Å². The molecule has 0 atom stereocenters. The van der Waals surface area contributed by atoms with Gasteiger partial charge in [-0.3, -0.25) is 4.79 Å². The SMILES string of the molecule is Cc1cc(N2CCN(C(=O)Cc3csc(C)n3)CC2)n2ncnc2n1. The minimum atomic E-state index is 0.141. The summed E-state index contributed by atoms with van der Waals surface area (Å²) in [6, 6.07) is 2.01. The first-order valence-electron chi connectivity index (χ1n) is 8.21. The highest BCUT2D eigenvalue weighted by Gasteiger charge is 2.23. The number of nitrogens with zero attached hydrogens (tertiary/aromatic N) is 7. The first kappa shape index (κ1) is 15.9. The van der Waals surface area contributed by atoms with Crippen molar-refractivity contribution in [2.24, 2.45) is 0 Å². The Morgan fingerprint density at radius 2 is 2.00 bits per heavy atom. The molecule has 9 heteroatoms. The van der Waals surface area contributed by atoms with Gasteiger partial charge in [-0.05, 0) is 13.8 Å². The number of hydrogen-bond acceptors (Lipinski definition) is 7. The standard InChI is InChI=1S/C16H19N7OS/c1-11-7-14(23-16(19-11)17-10-18-23)21-3-5-22(6-4-21)15(24)8-13-9-25-12(2)20-13/h7,9-10H,3-6,8H2,1-2H3. The molecule has 1 saturated heterocycles. The van der Waals surface area contributed by atoms with E-state index in [-0.39, 0.29) is 5.91 Å². The van der Waals surface area contributed by atoms with Gasteiger partial charge in [-0.2, -0.15) is 14.6 Å². The number of fused-ring (bicyclic) bond motifs is 1. The average molecular weight is 357 g/mol. The van der Waals surface area contributed by atoms with Crippen LogP contribution in [0.5, 0.6) is 0 Å². The van der Waals surface area contributed by atoms with Gasteiger partial charge in [0, 0.05) is 43.3 Å². The summed E-state index contributed by atoms with van der Waals surface area (Å²) >= 11 is 1.58. The summed E-state index contributed by atoms with van der Waals surface area (Å²) in [6.07, 6.45) is 1.90. The Morgan fingerprint density at radius 3 is 2.72 bits per heavy atom. The molecule has 1 fully saturated rings. The van der Waals surface area contributed by atoms with Crippen LogP contribution in [0.15, 0.2) is 17.8 Å². The molecule has 0 N–H and O–H groups in total. The lowest BCUT2D eigenvalue weighted by Crippen LogP contribution is -2.49. The summed E-state index contributed by atoms with van der Waals surface area (Å²) in [5, 5.41) is 7.22. The lowest BCUT2D eigenvalue weighted by atomic mass is 10.2. The molecule has 3 aromatic rings. The van der Waals surface area contributed by atoms with Gasteiger partial charge in [-0.15, -0.1) is 11.3 Å². The number of aromatic nitrogens is 5. The van der Waals surface area contributed by atoms with E-state index in [4.69, 9.17) is 0 Å². The minimum absolute atomic E-state index is 0.141. The molecular weight excluding hydrogens is 338 g/mol. The normalized spacial score (nSPS) is 15.1. The maximum Gasteiger partial charge on any atom is 0.254 e. The van der Waals surface area contributed by atoms with E-state index in [1.165, 1.54) is 6.33 Å². The molecule has 0 spiro atoms.